The summed E-state index contributed by atoms with van der Waals surface area (Å²) in [6, 6.07) is 12.1. The van der Waals surface area contributed by atoms with Crippen LogP contribution in [-0.2, 0) is 0 Å². The third kappa shape index (κ3) is 2.12. The third-order valence-corrected chi connectivity index (χ3v) is 3.21. The molecular weight excluding hydrogens is 240 g/mol. The number of rotatable bonds is 2. The van der Waals surface area contributed by atoms with Gasteiger partial charge in [0.2, 0.25) is 0 Å². The van der Waals surface area contributed by atoms with Crippen LogP contribution in [0.1, 0.15) is 5.56 Å². The Morgan fingerprint density at radius 1 is 1.00 bits per heavy atom. The van der Waals surface area contributed by atoms with Crippen molar-refractivity contribution < 1.29 is 14.2 Å². The fraction of sp³-hybridized carbons (Fsp3) is 0.250. The summed E-state index contributed by atoms with van der Waals surface area (Å²) in [5.74, 6) is 2.44. The van der Waals surface area contributed by atoms with Gasteiger partial charge in [-0.1, -0.05) is 23.8 Å². The summed E-state index contributed by atoms with van der Waals surface area (Å²) in [5.41, 5.74) is 3.23. The largest absolute Gasteiger partial charge is 0.496 e. The van der Waals surface area contributed by atoms with Crippen LogP contribution >= 0.6 is 0 Å². The number of hydrogen-bond donors (Lipinski definition) is 0. The molecule has 0 saturated heterocycles. The van der Waals surface area contributed by atoms with Gasteiger partial charge in [-0.05, 0) is 25.1 Å². The lowest BCUT2D eigenvalue weighted by Gasteiger charge is -2.22. The summed E-state index contributed by atoms with van der Waals surface area (Å²) in [5, 5.41) is 0. The second-order valence-corrected chi connectivity index (χ2v) is 4.53. The molecule has 3 nitrogen and oxygen atoms in total. The maximum atomic E-state index is 5.77. The van der Waals surface area contributed by atoms with Crippen molar-refractivity contribution in [2.45, 2.75) is 6.92 Å². The molecule has 2 aromatic rings. The Labute approximate surface area is 112 Å². The van der Waals surface area contributed by atoms with E-state index < -0.39 is 0 Å². The topological polar surface area (TPSA) is 27.7 Å². The van der Waals surface area contributed by atoms with Crippen LogP contribution in [-0.4, -0.2) is 20.3 Å². The van der Waals surface area contributed by atoms with E-state index in [-0.39, 0.29) is 0 Å². The van der Waals surface area contributed by atoms with Crippen molar-refractivity contribution in [2.24, 2.45) is 0 Å². The maximum absolute atomic E-state index is 5.77. The Bertz CT molecular complexity index is 605. The molecule has 98 valence electrons. The molecule has 1 heterocycles. The Balaban J connectivity index is 2.19. The fourth-order valence-electron chi connectivity index (χ4n) is 2.32. The second-order valence-electron chi connectivity index (χ2n) is 4.53. The van der Waals surface area contributed by atoms with Gasteiger partial charge < -0.3 is 14.2 Å². The van der Waals surface area contributed by atoms with Gasteiger partial charge in [0.05, 0.1) is 7.11 Å². The highest BCUT2D eigenvalue weighted by Crippen LogP contribution is 2.43. The zero-order valence-corrected chi connectivity index (χ0v) is 11.1. The Hall–Kier alpha value is -2.16. The highest BCUT2D eigenvalue weighted by atomic mass is 16.6. The van der Waals surface area contributed by atoms with E-state index in [2.05, 4.69) is 13.0 Å². The molecule has 0 saturated carbocycles. The summed E-state index contributed by atoms with van der Waals surface area (Å²) < 4.78 is 16.8. The van der Waals surface area contributed by atoms with E-state index in [1.807, 2.05) is 30.3 Å². The van der Waals surface area contributed by atoms with Crippen molar-refractivity contribution in [3.8, 4) is 28.4 Å². The number of aryl methyl sites for hydroxylation is 1. The lowest BCUT2D eigenvalue weighted by Crippen LogP contribution is -2.15. The second kappa shape index (κ2) is 4.84. The van der Waals surface area contributed by atoms with E-state index in [0.29, 0.717) is 13.2 Å². The molecule has 0 radical (unpaired) electrons. The van der Waals surface area contributed by atoms with Gasteiger partial charge >= 0.3 is 0 Å². The number of methoxy groups -OCH3 is 1. The average Bonchev–Trinajstić information content (AvgIpc) is 2.46. The predicted octanol–water partition coefficient (Wildman–Crippen LogP) is 3.44. The zero-order chi connectivity index (χ0) is 13.2. The van der Waals surface area contributed by atoms with Crippen molar-refractivity contribution in [3.63, 3.8) is 0 Å². The monoisotopic (exact) mass is 256 g/mol. The molecule has 2 aromatic carbocycles. The average molecular weight is 256 g/mol. The Kier molecular flexibility index (Phi) is 3.03. The van der Waals surface area contributed by atoms with Gasteiger partial charge in [0.25, 0.3) is 0 Å². The molecule has 0 aliphatic carbocycles. The molecule has 1 aliphatic heterocycles. The smallest absolute Gasteiger partial charge is 0.169 e. The summed E-state index contributed by atoms with van der Waals surface area (Å²) in [4.78, 5) is 0. The van der Waals surface area contributed by atoms with Gasteiger partial charge in [-0.3, -0.25) is 0 Å². The third-order valence-electron chi connectivity index (χ3n) is 3.21. The molecule has 0 unspecified atom stereocenters. The molecule has 1 aliphatic rings. The van der Waals surface area contributed by atoms with Crippen LogP contribution in [0, 0.1) is 6.92 Å². The van der Waals surface area contributed by atoms with E-state index in [9.17, 15) is 0 Å². The lowest BCUT2D eigenvalue weighted by molar-refractivity contribution is 0.172. The first-order valence-electron chi connectivity index (χ1n) is 6.33. The van der Waals surface area contributed by atoms with Crippen molar-refractivity contribution in [2.75, 3.05) is 20.3 Å². The van der Waals surface area contributed by atoms with Crippen LogP contribution in [0.3, 0.4) is 0 Å². The van der Waals surface area contributed by atoms with Crippen molar-refractivity contribution in [1.29, 1.82) is 0 Å². The van der Waals surface area contributed by atoms with Crippen molar-refractivity contribution >= 4 is 0 Å². The fourth-order valence-corrected chi connectivity index (χ4v) is 2.32. The molecule has 0 spiro atoms. The minimum absolute atomic E-state index is 0.581. The van der Waals surface area contributed by atoms with Crippen LogP contribution in [0.4, 0.5) is 0 Å². The summed E-state index contributed by atoms with van der Waals surface area (Å²) in [6.45, 7) is 3.25. The van der Waals surface area contributed by atoms with Crippen LogP contribution in [0.2, 0.25) is 0 Å². The first-order chi connectivity index (χ1) is 9.29. The zero-order valence-electron chi connectivity index (χ0n) is 11.1. The molecule has 3 rings (SSSR count). The van der Waals surface area contributed by atoms with Gasteiger partial charge in [-0.2, -0.15) is 0 Å². The van der Waals surface area contributed by atoms with E-state index in [0.717, 1.165) is 28.4 Å². The molecule has 0 atom stereocenters. The van der Waals surface area contributed by atoms with Crippen LogP contribution in [0.15, 0.2) is 36.4 Å². The molecule has 19 heavy (non-hydrogen) atoms. The first-order valence-corrected chi connectivity index (χ1v) is 6.33. The molecular formula is C16H16O3. The minimum Gasteiger partial charge on any atom is -0.496 e. The van der Waals surface area contributed by atoms with Gasteiger partial charge in [0.15, 0.2) is 11.5 Å². The molecule has 0 amide bonds. The van der Waals surface area contributed by atoms with Crippen LogP contribution in [0.25, 0.3) is 11.1 Å². The first kappa shape index (κ1) is 11.9. The van der Waals surface area contributed by atoms with Gasteiger partial charge in [0, 0.05) is 11.1 Å². The van der Waals surface area contributed by atoms with Crippen molar-refractivity contribution in [1.82, 2.24) is 0 Å². The van der Waals surface area contributed by atoms with E-state index in [1.54, 1.807) is 7.11 Å². The molecule has 0 N–H and O–H groups in total. The molecule has 0 bridgehead atoms. The molecule has 3 heteroatoms. The SMILES string of the molecule is COc1ccc(C)cc1-c1cccc2c1OCCO2. The van der Waals surface area contributed by atoms with Gasteiger partial charge in [-0.25, -0.2) is 0 Å². The van der Waals surface area contributed by atoms with Crippen LogP contribution in [0.5, 0.6) is 17.2 Å². The number of fused-ring (bicyclic) bond motifs is 1. The Morgan fingerprint density at radius 3 is 2.68 bits per heavy atom. The summed E-state index contributed by atoms with van der Waals surface area (Å²) in [7, 11) is 1.68. The van der Waals surface area contributed by atoms with Gasteiger partial charge in [-0.15, -0.1) is 0 Å². The summed E-state index contributed by atoms with van der Waals surface area (Å²) in [6.07, 6.45) is 0. The quantitative estimate of drug-likeness (QED) is 0.823. The van der Waals surface area contributed by atoms with E-state index >= 15 is 0 Å². The normalized spacial score (nSPS) is 13.2. The number of hydrogen-bond acceptors (Lipinski definition) is 3. The van der Waals surface area contributed by atoms with E-state index in [1.165, 1.54) is 5.56 Å². The minimum atomic E-state index is 0.581. The number of ether oxygens (including phenoxy) is 3. The van der Waals surface area contributed by atoms with Crippen molar-refractivity contribution in [3.05, 3.63) is 42.0 Å². The Morgan fingerprint density at radius 2 is 1.84 bits per heavy atom. The molecule has 0 aromatic heterocycles. The maximum Gasteiger partial charge on any atom is 0.169 e. The molecule has 0 fully saturated rings. The van der Waals surface area contributed by atoms with E-state index in [4.69, 9.17) is 14.2 Å². The summed E-state index contributed by atoms with van der Waals surface area (Å²) >= 11 is 0. The van der Waals surface area contributed by atoms with Crippen LogP contribution < -0.4 is 14.2 Å². The number of para-hydroxylation sites is 1. The van der Waals surface area contributed by atoms with Gasteiger partial charge in [0.1, 0.15) is 19.0 Å². The number of benzene rings is 2. The highest BCUT2D eigenvalue weighted by molar-refractivity contribution is 5.79. The standard InChI is InChI=1S/C16H16O3/c1-11-6-7-14(17-2)13(10-11)12-4-3-5-15-16(12)19-9-8-18-15/h3-7,10H,8-9H2,1-2H3. The highest BCUT2D eigenvalue weighted by Gasteiger charge is 2.18. The lowest BCUT2D eigenvalue weighted by atomic mass is 10.0. The predicted molar refractivity (Wildman–Crippen MR) is 74.2 cm³/mol.